The quantitative estimate of drug-likeness (QED) is 0.903. The summed E-state index contributed by atoms with van der Waals surface area (Å²) in [5.74, 6) is 0.203. The summed E-state index contributed by atoms with van der Waals surface area (Å²) in [6, 6.07) is 4.15. The van der Waals surface area contributed by atoms with Gasteiger partial charge in [-0.25, -0.2) is 0 Å². The van der Waals surface area contributed by atoms with E-state index < -0.39 is 17.6 Å². The summed E-state index contributed by atoms with van der Waals surface area (Å²) in [6.45, 7) is -0.316. The zero-order valence-corrected chi connectivity index (χ0v) is 12.6. The second-order valence-electron chi connectivity index (χ2n) is 5.08. The number of amides is 1. The number of hydrogen-bond acceptors (Lipinski definition) is 5. The highest BCUT2D eigenvalue weighted by molar-refractivity contribution is 7.15. The molecule has 0 radical (unpaired) electrons. The third-order valence-electron chi connectivity index (χ3n) is 3.17. The van der Waals surface area contributed by atoms with E-state index >= 15 is 0 Å². The summed E-state index contributed by atoms with van der Waals surface area (Å²) in [7, 11) is 0. The number of carbonyl (C=O) groups excluding carboxylic acids is 1. The molecule has 0 aliphatic heterocycles. The van der Waals surface area contributed by atoms with E-state index in [9.17, 15) is 18.0 Å². The van der Waals surface area contributed by atoms with Gasteiger partial charge in [0.15, 0.2) is 6.61 Å². The van der Waals surface area contributed by atoms with E-state index in [-0.39, 0.29) is 12.4 Å². The van der Waals surface area contributed by atoms with Crippen LogP contribution in [0.25, 0.3) is 0 Å². The molecule has 1 amide bonds. The monoisotopic (exact) mass is 343 g/mol. The van der Waals surface area contributed by atoms with Crippen LogP contribution in [-0.2, 0) is 11.0 Å². The summed E-state index contributed by atoms with van der Waals surface area (Å²) in [5, 5.41) is 11.7. The molecule has 0 saturated heterocycles. The fourth-order valence-corrected chi connectivity index (χ4v) is 2.75. The van der Waals surface area contributed by atoms with Crippen LogP contribution < -0.4 is 10.1 Å². The molecule has 2 aromatic rings. The molecule has 1 fully saturated rings. The summed E-state index contributed by atoms with van der Waals surface area (Å²) < 4.78 is 42.4. The number of nitrogens with zero attached hydrogens (tertiary/aromatic N) is 2. The molecule has 9 heteroatoms. The fraction of sp³-hybridized carbons (Fsp3) is 0.357. The molecule has 3 rings (SSSR count). The van der Waals surface area contributed by atoms with Gasteiger partial charge in [-0.3, -0.25) is 10.1 Å². The van der Waals surface area contributed by atoms with Gasteiger partial charge < -0.3 is 4.74 Å². The number of aromatic nitrogens is 2. The molecular weight excluding hydrogens is 331 g/mol. The number of hydrogen-bond donors (Lipinski definition) is 1. The second-order valence-corrected chi connectivity index (χ2v) is 6.09. The van der Waals surface area contributed by atoms with Gasteiger partial charge in [-0.1, -0.05) is 11.3 Å². The van der Waals surface area contributed by atoms with Crippen LogP contribution in [0, 0.1) is 0 Å². The average molecular weight is 343 g/mol. The minimum atomic E-state index is -4.40. The van der Waals surface area contributed by atoms with Crippen LogP contribution in [0.4, 0.5) is 18.3 Å². The Morgan fingerprint density at radius 2 is 1.96 bits per heavy atom. The standard InChI is InChI=1S/C14H12F3N3O2S/c15-14(16,17)9-3-5-10(6-4-9)22-7-11(21)18-13-20-19-12(23-13)8-1-2-8/h3-6,8H,1-2,7H2,(H,18,20,21). The zero-order valence-electron chi connectivity index (χ0n) is 11.8. The van der Waals surface area contributed by atoms with Crippen molar-refractivity contribution in [3.8, 4) is 5.75 Å². The number of nitrogens with one attached hydrogen (secondary N) is 1. The summed E-state index contributed by atoms with van der Waals surface area (Å²) in [4.78, 5) is 11.7. The Morgan fingerprint density at radius 1 is 1.26 bits per heavy atom. The molecular formula is C14H12F3N3O2S. The van der Waals surface area contributed by atoms with E-state index in [4.69, 9.17) is 4.74 Å². The van der Waals surface area contributed by atoms with E-state index in [1.54, 1.807) is 0 Å². The molecule has 0 spiro atoms. The summed E-state index contributed by atoms with van der Waals surface area (Å²) >= 11 is 1.32. The molecule has 1 heterocycles. The lowest BCUT2D eigenvalue weighted by Gasteiger charge is -2.08. The minimum absolute atomic E-state index is 0.184. The van der Waals surface area contributed by atoms with Crippen LogP contribution in [0.1, 0.15) is 29.3 Å². The lowest BCUT2D eigenvalue weighted by molar-refractivity contribution is -0.137. The maximum Gasteiger partial charge on any atom is 0.416 e. The van der Waals surface area contributed by atoms with Gasteiger partial charge in [0.2, 0.25) is 5.13 Å². The van der Waals surface area contributed by atoms with Crippen molar-refractivity contribution in [1.82, 2.24) is 10.2 Å². The Balaban J connectivity index is 1.50. The van der Waals surface area contributed by atoms with Gasteiger partial charge in [-0.2, -0.15) is 13.2 Å². The van der Waals surface area contributed by atoms with Crippen LogP contribution in [0.3, 0.4) is 0 Å². The van der Waals surface area contributed by atoms with Crippen molar-refractivity contribution in [2.75, 3.05) is 11.9 Å². The lowest BCUT2D eigenvalue weighted by atomic mass is 10.2. The number of carbonyl (C=O) groups is 1. The zero-order chi connectivity index (χ0) is 16.4. The van der Waals surface area contributed by atoms with Crippen molar-refractivity contribution in [2.45, 2.75) is 24.9 Å². The van der Waals surface area contributed by atoms with Gasteiger partial charge in [0.05, 0.1) is 5.56 Å². The van der Waals surface area contributed by atoms with Crippen LogP contribution in [-0.4, -0.2) is 22.7 Å². The van der Waals surface area contributed by atoms with Gasteiger partial charge in [-0.05, 0) is 37.1 Å². The molecule has 1 N–H and O–H groups in total. The molecule has 0 atom stereocenters. The summed E-state index contributed by atoms with van der Waals surface area (Å²) in [5.41, 5.74) is -0.768. The number of rotatable bonds is 5. The van der Waals surface area contributed by atoms with E-state index in [0.717, 1.165) is 30.0 Å². The number of anilines is 1. The van der Waals surface area contributed by atoms with Crippen LogP contribution in [0.2, 0.25) is 0 Å². The van der Waals surface area contributed by atoms with Crippen molar-refractivity contribution in [2.24, 2.45) is 0 Å². The molecule has 1 aromatic heterocycles. The molecule has 0 unspecified atom stereocenters. The normalized spacial score (nSPS) is 14.6. The third kappa shape index (κ3) is 4.19. The van der Waals surface area contributed by atoms with Crippen LogP contribution >= 0.6 is 11.3 Å². The maximum absolute atomic E-state index is 12.4. The fourth-order valence-electron chi connectivity index (χ4n) is 1.82. The first kappa shape index (κ1) is 15.7. The molecule has 1 aromatic carbocycles. The van der Waals surface area contributed by atoms with Crippen molar-refractivity contribution >= 4 is 22.4 Å². The maximum atomic E-state index is 12.4. The first-order chi connectivity index (χ1) is 10.9. The smallest absolute Gasteiger partial charge is 0.416 e. The van der Waals surface area contributed by atoms with Crippen molar-refractivity contribution in [3.05, 3.63) is 34.8 Å². The Hall–Kier alpha value is -2.16. The third-order valence-corrected chi connectivity index (χ3v) is 4.17. The highest BCUT2D eigenvalue weighted by atomic mass is 32.1. The molecule has 122 valence electrons. The first-order valence-electron chi connectivity index (χ1n) is 6.85. The molecule has 1 aliphatic rings. The molecule has 5 nitrogen and oxygen atoms in total. The highest BCUT2D eigenvalue weighted by Crippen LogP contribution is 2.42. The highest BCUT2D eigenvalue weighted by Gasteiger charge is 2.30. The number of benzene rings is 1. The SMILES string of the molecule is O=C(COc1ccc(C(F)(F)F)cc1)Nc1nnc(C2CC2)s1. The Labute approximate surface area is 133 Å². The number of alkyl halides is 3. The van der Waals surface area contributed by atoms with E-state index in [2.05, 4.69) is 15.5 Å². The van der Waals surface area contributed by atoms with Gasteiger partial charge in [0.1, 0.15) is 10.8 Å². The second kappa shape index (κ2) is 6.15. The predicted molar refractivity (Wildman–Crippen MR) is 77.5 cm³/mol. The van der Waals surface area contributed by atoms with Crippen LogP contribution in [0.5, 0.6) is 5.75 Å². The number of halogens is 3. The predicted octanol–water partition coefficient (Wildman–Crippen LogP) is 3.45. The van der Waals surface area contributed by atoms with Crippen LogP contribution in [0.15, 0.2) is 24.3 Å². The average Bonchev–Trinajstić information content (AvgIpc) is 3.25. The molecule has 23 heavy (non-hydrogen) atoms. The topological polar surface area (TPSA) is 64.1 Å². The van der Waals surface area contributed by atoms with Gasteiger partial charge >= 0.3 is 6.18 Å². The van der Waals surface area contributed by atoms with Gasteiger partial charge in [0, 0.05) is 5.92 Å². The Kier molecular flexibility index (Phi) is 4.20. The molecule has 1 saturated carbocycles. The van der Waals surface area contributed by atoms with E-state index in [0.29, 0.717) is 11.0 Å². The van der Waals surface area contributed by atoms with Crippen molar-refractivity contribution in [3.63, 3.8) is 0 Å². The Morgan fingerprint density at radius 3 is 2.57 bits per heavy atom. The molecule has 0 bridgehead atoms. The van der Waals surface area contributed by atoms with Crippen molar-refractivity contribution in [1.29, 1.82) is 0 Å². The number of ether oxygens (including phenoxy) is 1. The molecule has 1 aliphatic carbocycles. The Bertz CT molecular complexity index is 696. The van der Waals surface area contributed by atoms with E-state index in [1.807, 2.05) is 0 Å². The summed E-state index contributed by atoms with van der Waals surface area (Å²) in [6.07, 6.45) is -2.20. The lowest BCUT2D eigenvalue weighted by Crippen LogP contribution is -2.20. The van der Waals surface area contributed by atoms with Gasteiger partial charge in [0.25, 0.3) is 5.91 Å². The van der Waals surface area contributed by atoms with Gasteiger partial charge in [-0.15, -0.1) is 10.2 Å². The van der Waals surface area contributed by atoms with Crippen molar-refractivity contribution < 1.29 is 22.7 Å². The minimum Gasteiger partial charge on any atom is -0.484 e. The first-order valence-corrected chi connectivity index (χ1v) is 7.67. The largest absolute Gasteiger partial charge is 0.484 e. The van der Waals surface area contributed by atoms with E-state index in [1.165, 1.54) is 23.5 Å².